The van der Waals surface area contributed by atoms with Crippen molar-refractivity contribution in [2.45, 2.75) is 6.92 Å². The second kappa shape index (κ2) is 9.23. The van der Waals surface area contributed by atoms with Crippen molar-refractivity contribution in [2.24, 2.45) is 0 Å². The zero-order chi connectivity index (χ0) is 21.6. The number of aromatic nitrogens is 3. The van der Waals surface area contributed by atoms with Gasteiger partial charge in [0.25, 0.3) is 5.91 Å². The van der Waals surface area contributed by atoms with Gasteiger partial charge in [-0.1, -0.05) is 6.07 Å². The van der Waals surface area contributed by atoms with Gasteiger partial charge >= 0.3 is 0 Å². The molecule has 0 aliphatic carbocycles. The van der Waals surface area contributed by atoms with Gasteiger partial charge in [0.05, 0.1) is 5.69 Å². The first kappa shape index (κ1) is 20.3. The predicted octanol–water partition coefficient (Wildman–Crippen LogP) is 5.41. The normalized spacial score (nSPS) is 10.4. The molecule has 154 valence electrons. The van der Waals surface area contributed by atoms with Crippen molar-refractivity contribution >= 4 is 40.7 Å². The lowest BCUT2D eigenvalue weighted by molar-refractivity contribution is 0.102. The Balaban J connectivity index is 1.52. The molecule has 8 heteroatoms. The molecular weight excluding hydrogens is 412 g/mol. The molecule has 4 rings (SSSR count). The first-order chi connectivity index (χ1) is 15.1. The van der Waals surface area contributed by atoms with Crippen molar-refractivity contribution in [3.63, 3.8) is 0 Å². The number of nitrogens with zero attached hydrogens (tertiary/aromatic N) is 3. The van der Waals surface area contributed by atoms with E-state index in [0.717, 1.165) is 22.5 Å². The Bertz CT molecular complexity index is 1200. The van der Waals surface area contributed by atoms with Crippen LogP contribution in [0.25, 0.3) is 11.3 Å². The Morgan fingerprint density at radius 2 is 1.77 bits per heavy atom. The number of hydrogen-bond acceptors (Lipinski definition) is 6. The first-order valence-electron chi connectivity index (χ1n) is 9.51. The molecular formula is C23H19ClN6O. The van der Waals surface area contributed by atoms with Gasteiger partial charge in [-0.3, -0.25) is 14.6 Å². The molecule has 0 atom stereocenters. The van der Waals surface area contributed by atoms with Crippen LogP contribution in [0.2, 0.25) is 0 Å². The van der Waals surface area contributed by atoms with Crippen LogP contribution in [0.15, 0.2) is 79.3 Å². The van der Waals surface area contributed by atoms with Crippen molar-refractivity contribution < 1.29 is 4.79 Å². The van der Waals surface area contributed by atoms with E-state index in [4.69, 9.17) is 11.8 Å². The zero-order valence-electron chi connectivity index (χ0n) is 16.6. The lowest BCUT2D eigenvalue weighted by Crippen LogP contribution is -2.12. The summed E-state index contributed by atoms with van der Waals surface area (Å²) >= 11 is 5.56. The molecule has 0 saturated carbocycles. The molecule has 7 nitrogen and oxygen atoms in total. The highest BCUT2D eigenvalue weighted by molar-refractivity contribution is 6.24. The van der Waals surface area contributed by atoms with Crippen LogP contribution >= 0.6 is 11.8 Å². The Morgan fingerprint density at radius 3 is 2.52 bits per heavy atom. The van der Waals surface area contributed by atoms with E-state index in [-0.39, 0.29) is 5.91 Å². The first-order valence-corrected chi connectivity index (χ1v) is 9.89. The smallest absolute Gasteiger partial charge is 0.255 e. The number of nitrogens with one attached hydrogen (secondary N) is 3. The monoisotopic (exact) mass is 430 g/mol. The lowest BCUT2D eigenvalue weighted by Gasteiger charge is -2.12. The maximum atomic E-state index is 12.6. The molecule has 2 heterocycles. The molecule has 31 heavy (non-hydrogen) atoms. The maximum Gasteiger partial charge on any atom is 0.255 e. The lowest BCUT2D eigenvalue weighted by atomic mass is 10.1. The standard InChI is InChI=1S/C23H19ClN6O/c1-15-4-7-19(27-22(31)16-5-8-18(30-24)9-6-16)13-21(15)29-23-26-12-10-20(28-23)17-3-2-11-25-14-17/h2-14,30H,1H3,(H,27,31)(H,26,28,29). The van der Waals surface area contributed by atoms with E-state index in [1.54, 1.807) is 42.9 Å². The van der Waals surface area contributed by atoms with E-state index in [1.165, 1.54) is 0 Å². The molecule has 0 bridgehead atoms. The molecule has 0 spiro atoms. The van der Waals surface area contributed by atoms with Crippen LogP contribution in [-0.2, 0) is 0 Å². The van der Waals surface area contributed by atoms with E-state index in [1.807, 2.05) is 43.3 Å². The number of amides is 1. The minimum atomic E-state index is -0.217. The van der Waals surface area contributed by atoms with E-state index >= 15 is 0 Å². The van der Waals surface area contributed by atoms with Crippen LogP contribution in [0.1, 0.15) is 15.9 Å². The fourth-order valence-electron chi connectivity index (χ4n) is 2.94. The Kier molecular flexibility index (Phi) is 6.05. The number of hydrogen-bond donors (Lipinski definition) is 3. The number of carbonyl (C=O) groups excluding carboxylic acids is 1. The third-order valence-electron chi connectivity index (χ3n) is 4.61. The average molecular weight is 431 g/mol. The van der Waals surface area contributed by atoms with E-state index < -0.39 is 0 Å². The molecule has 4 aromatic rings. The van der Waals surface area contributed by atoms with E-state index in [2.05, 4.69) is 30.4 Å². The Hall–Kier alpha value is -3.97. The summed E-state index contributed by atoms with van der Waals surface area (Å²) < 4.78 is 0. The van der Waals surface area contributed by atoms with Crippen molar-refractivity contribution in [3.05, 3.63) is 90.4 Å². The van der Waals surface area contributed by atoms with Crippen molar-refractivity contribution in [1.29, 1.82) is 0 Å². The topological polar surface area (TPSA) is 91.8 Å². The van der Waals surface area contributed by atoms with Crippen LogP contribution in [0.5, 0.6) is 0 Å². The summed E-state index contributed by atoms with van der Waals surface area (Å²) in [6, 6.07) is 18.1. The molecule has 0 aliphatic rings. The summed E-state index contributed by atoms with van der Waals surface area (Å²) in [4.78, 5) is 28.1. The quantitative estimate of drug-likeness (QED) is 0.354. The fraction of sp³-hybridized carbons (Fsp3) is 0.0435. The second-order valence-electron chi connectivity index (χ2n) is 6.79. The van der Waals surface area contributed by atoms with Gasteiger partial charge < -0.3 is 10.6 Å². The molecule has 1 amide bonds. The number of benzene rings is 2. The molecule has 0 aliphatic heterocycles. The Morgan fingerprint density at radius 1 is 0.968 bits per heavy atom. The van der Waals surface area contributed by atoms with Gasteiger partial charge in [0.15, 0.2) is 0 Å². The number of halogens is 1. The second-order valence-corrected chi connectivity index (χ2v) is 6.98. The van der Waals surface area contributed by atoms with Crippen LogP contribution in [0, 0.1) is 6.92 Å². The van der Waals surface area contributed by atoms with Crippen molar-refractivity contribution in [1.82, 2.24) is 15.0 Å². The van der Waals surface area contributed by atoms with Crippen molar-refractivity contribution in [3.8, 4) is 11.3 Å². The summed E-state index contributed by atoms with van der Waals surface area (Å²) in [6.07, 6.45) is 5.16. The molecule has 0 unspecified atom stereocenters. The third-order valence-corrected chi connectivity index (χ3v) is 4.83. The van der Waals surface area contributed by atoms with Crippen LogP contribution in [-0.4, -0.2) is 20.9 Å². The largest absolute Gasteiger partial charge is 0.324 e. The minimum Gasteiger partial charge on any atom is -0.324 e. The van der Waals surface area contributed by atoms with Crippen LogP contribution in [0.4, 0.5) is 23.0 Å². The molecule has 0 saturated heterocycles. The minimum absolute atomic E-state index is 0.217. The van der Waals surface area contributed by atoms with Gasteiger partial charge in [-0.2, -0.15) is 0 Å². The zero-order valence-corrected chi connectivity index (χ0v) is 17.4. The number of carbonyl (C=O) groups is 1. The highest BCUT2D eigenvalue weighted by Gasteiger charge is 2.09. The van der Waals surface area contributed by atoms with E-state index in [9.17, 15) is 4.79 Å². The summed E-state index contributed by atoms with van der Waals surface area (Å²) in [7, 11) is 0. The van der Waals surface area contributed by atoms with Gasteiger partial charge in [0.2, 0.25) is 5.95 Å². The summed E-state index contributed by atoms with van der Waals surface area (Å²) in [5.74, 6) is 0.239. The third kappa shape index (κ3) is 4.96. The SMILES string of the molecule is Cc1ccc(NC(=O)c2ccc(NCl)cc2)cc1Nc1nccc(-c2cccnc2)n1. The number of aryl methyl sites for hydroxylation is 1. The summed E-state index contributed by atoms with van der Waals surface area (Å²) in [6.45, 7) is 1.97. The van der Waals surface area contributed by atoms with Crippen molar-refractivity contribution in [2.75, 3.05) is 15.5 Å². The maximum absolute atomic E-state index is 12.6. The molecule has 2 aromatic heterocycles. The Labute approximate surface area is 184 Å². The molecule has 0 radical (unpaired) electrons. The number of rotatable bonds is 6. The van der Waals surface area contributed by atoms with Gasteiger partial charge in [0.1, 0.15) is 0 Å². The van der Waals surface area contributed by atoms with Gasteiger partial charge in [-0.15, -0.1) is 0 Å². The highest BCUT2D eigenvalue weighted by atomic mass is 35.5. The van der Waals surface area contributed by atoms with Crippen LogP contribution < -0.4 is 15.5 Å². The number of pyridine rings is 1. The van der Waals surface area contributed by atoms with Gasteiger partial charge in [-0.05, 0) is 67.1 Å². The highest BCUT2D eigenvalue weighted by Crippen LogP contribution is 2.24. The molecule has 2 aromatic carbocycles. The average Bonchev–Trinajstić information content (AvgIpc) is 2.82. The summed E-state index contributed by atoms with van der Waals surface area (Å²) in [5, 5.41) is 6.14. The fourth-order valence-corrected chi connectivity index (χ4v) is 3.06. The van der Waals surface area contributed by atoms with Gasteiger partial charge in [-0.25, -0.2) is 9.97 Å². The molecule has 0 fully saturated rings. The predicted molar refractivity (Wildman–Crippen MR) is 124 cm³/mol. The van der Waals surface area contributed by atoms with Gasteiger partial charge in [0, 0.05) is 58.6 Å². The molecule has 3 N–H and O–H groups in total. The summed E-state index contributed by atoms with van der Waals surface area (Å²) in [5.41, 5.74) is 5.35. The van der Waals surface area contributed by atoms with Crippen LogP contribution in [0.3, 0.4) is 0 Å². The van der Waals surface area contributed by atoms with E-state index in [0.29, 0.717) is 22.9 Å². The number of anilines is 4.